The van der Waals surface area contributed by atoms with E-state index in [0.29, 0.717) is 12.1 Å². The molecular weight excluding hydrogens is 202 g/mol. The van der Waals surface area contributed by atoms with Gasteiger partial charge < -0.3 is 11.1 Å². The van der Waals surface area contributed by atoms with Crippen LogP contribution >= 0.6 is 11.6 Å². The van der Waals surface area contributed by atoms with E-state index in [2.05, 4.69) is 10.3 Å². The van der Waals surface area contributed by atoms with Crippen molar-refractivity contribution in [3.63, 3.8) is 0 Å². The minimum Gasteiger partial charge on any atom is -0.322 e. The van der Waals surface area contributed by atoms with Crippen LogP contribution in [-0.2, 0) is 4.79 Å². The normalized spacial score (nSPS) is 12.2. The van der Waals surface area contributed by atoms with Crippen LogP contribution in [0, 0.1) is 0 Å². The van der Waals surface area contributed by atoms with E-state index in [4.69, 9.17) is 17.3 Å². The number of carbonyl (C=O) groups is 1. The van der Waals surface area contributed by atoms with Crippen molar-refractivity contribution in [3.05, 3.63) is 23.5 Å². The Morgan fingerprint density at radius 3 is 3.07 bits per heavy atom. The first kappa shape index (κ1) is 10.9. The second-order valence-corrected chi connectivity index (χ2v) is 3.20. The number of hydrogen-bond acceptors (Lipinski definition) is 3. The summed E-state index contributed by atoms with van der Waals surface area (Å²) in [4.78, 5) is 15.2. The summed E-state index contributed by atoms with van der Waals surface area (Å²) >= 11 is 5.75. The first-order chi connectivity index (χ1) is 6.65. The molecule has 0 aliphatic heterocycles. The van der Waals surface area contributed by atoms with Crippen LogP contribution in [0.2, 0.25) is 5.15 Å². The van der Waals surface area contributed by atoms with Crippen LogP contribution in [-0.4, -0.2) is 16.9 Å². The minimum absolute atomic E-state index is 0.248. The average molecular weight is 214 g/mol. The molecule has 1 aromatic heterocycles. The van der Waals surface area contributed by atoms with E-state index < -0.39 is 6.04 Å². The Hall–Kier alpha value is -1.13. The predicted octanol–water partition coefficient (Wildman–Crippen LogP) is 1.41. The van der Waals surface area contributed by atoms with E-state index in [9.17, 15) is 4.79 Å². The monoisotopic (exact) mass is 213 g/mol. The van der Waals surface area contributed by atoms with Crippen LogP contribution < -0.4 is 11.1 Å². The van der Waals surface area contributed by atoms with Crippen LogP contribution in [0.4, 0.5) is 5.69 Å². The molecule has 0 aliphatic rings. The largest absolute Gasteiger partial charge is 0.322 e. The number of nitrogens with one attached hydrogen (secondary N) is 1. The number of hydrogen-bond donors (Lipinski definition) is 2. The number of aromatic nitrogens is 1. The molecule has 1 atom stereocenters. The van der Waals surface area contributed by atoms with Crippen LogP contribution in [0.15, 0.2) is 18.3 Å². The van der Waals surface area contributed by atoms with Gasteiger partial charge in [0, 0.05) is 6.20 Å². The van der Waals surface area contributed by atoms with Gasteiger partial charge in [-0.25, -0.2) is 4.98 Å². The first-order valence-electron chi connectivity index (χ1n) is 4.32. The third kappa shape index (κ3) is 2.68. The lowest BCUT2D eigenvalue weighted by molar-refractivity contribution is -0.117. The van der Waals surface area contributed by atoms with Gasteiger partial charge >= 0.3 is 0 Å². The molecule has 0 unspecified atom stereocenters. The molecule has 0 aromatic carbocycles. The van der Waals surface area contributed by atoms with Crippen molar-refractivity contribution in [2.75, 3.05) is 5.32 Å². The molecule has 0 bridgehead atoms. The van der Waals surface area contributed by atoms with Crippen LogP contribution in [0.3, 0.4) is 0 Å². The topological polar surface area (TPSA) is 68.0 Å². The Morgan fingerprint density at radius 2 is 2.50 bits per heavy atom. The fraction of sp³-hybridized carbons (Fsp3) is 0.333. The highest BCUT2D eigenvalue weighted by atomic mass is 35.5. The molecule has 14 heavy (non-hydrogen) atoms. The van der Waals surface area contributed by atoms with Gasteiger partial charge in [-0.15, -0.1) is 0 Å². The van der Waals surface area contributed by atoms with Crippen molar-refractivity contribution < 1.29 is 4.79 Å². The molecule has 0 saturated heterocycles. The molecule has 0 spiro atoms. The summed E-state index contributed by atoms with van der Waals surface area (Å²) in [6, 6.07) is 2.86. The number of anilines is 1. The maximum Gasteiger partial charge on any atom is 0.241 e. The van der Waals surface area contributed by atoms with Crippen LogP contribution in [0.5, 0.6) is 0 Å². The number of halogens is 1. The van der Waals surface area contributed by atoms with Gasteiger partial charge in [-0.3, -0.25) is 4.79 Å². The quantitative estimate of drug-likeness (QED) is 0.746. The molecule has 0 radical (unpaired) electrons. The molecule has 1 heterocycles. The molecule has 1 rings (SSSR count). The second kappa shape index (κ2) is 4.93. The smallest absolute Gasteiger partial charge is 0.241 e. The summed E-state index contributed by atoms with van der Waals surface area (Å²) in [6.07, 6.45) is 2.14. The molecule has 0 saturated carbocycles. The Labute approximate surface area is 87.5 Å². The Bertz CT molecular complexity index is 330. The molecule has 76 valence electrons. The van der Waals surface area contributed by atoms with Gasteiger partial charge in [0.1, 0.15) is 0 Å². The van der Waals surface area contributed by atoms with E-state index in [1.165, 1.54) is 0 Å². The molecule has 0 aliphatic carbocycles. The van der Waals surface area contributed by atoms with E-state index in [1.54, 1.807) is 18.3 Å². The summed E-state index contributed by atoms with van der Waals surface area (Å²) in [7, 11) is 0. The minimum atomic E-state index is -0.508. The van der Waals surface area contributed by atoms with E-state index in [0.717, 1.165) is 0 Å². The Morgan fingerprint density at radius 1 is 1.79 bits per heavy atom. The van der Waals surface area contributed by atoms with Gasteiger partial charge in [0.15, 0.2) is 5.15 Å². The molecule has 3 N–H and O–H groups in total. The summed E-state index contributed by atoms with van der Waals surface area (Å²) in [5, 5.41) is 2.87. The van der Waals surface area contributed by atoms with Crippen LogP contribution in [0.1, 0.15) is 13.3 Å². The lowest BCUT2D eigenvalue weighted by Crippen LogP contribution is -2.34. The van der Waals surface area contributed by atoms with Gasteiger partial charge in [-0.05, 0) is 18.6 Å². The highest BCUT2D eigenvalue weighted by Crippen LogP contribution is 2.17. The SMILES string of the molecule is CC[C@H](N)C(=O)Nc1cccnc1Cl. The van der Waals surface area contributed by atoms with E-state index >= 15 is 0 Å². The first-order valence-corrected chi connectivity index (χ1v) is 4.70. The van der Waals surface area contributed by atoms with E-state index in [1.807, 2.05) is 6.92 Å². The third-order valence-corrected chi connectivity index (χ3v) is 2.09. The summed E-state index contributed by atoms with van der Waals surface area (Å²) in [6.45, 7) is 1.84. The number of rotatable bonds is 3. The lowest BCUT2D eigenvalue weighted by Gasteiger charge is -2.10. The van der Waals surface area contributed by atoms with Crippen LogP contribution in [0.25, 0.3) is 0 Å². The van der Waals surface area contributed by atoms with E-state index in [-0.39, 0.29) is 11.1 Å². The molecule has 0 fully saturated rings. The lowest BCUT2D eigenvalue weighted by atomic mass is 10.2. The van der Waals surface area contributed by atoms with Gasteiger partial charge in [0.25, 0.3) is 0 Å². The zero-order chi connectivity index (χ0) is 10.6. The van der Waals surface area contributed by atoms with Crippen molar-refractivity contribution in [2.24, 2.45) is 5.73 Å². The fourth-order valence-corrected chi connectivity index (χ4v) is 1.06. The zero-order valence-corrected chi connectivity index (χ0v) is 8.58. The fourth-order valence-electron chi connectivity index (χ4n) is 0.890. The third-order valence-electron chi connectivity index (χ3n) is 1.79. The molecule has 4 nitrogen and oxygen atoms in total. The maximum atomic E-state index is 11.4. The van der Waals surface area contributed by atoms with Crippen molar-refractivity contribution in [1.82, 2.24) is 4.98 Å². The van der Waals surface area contributed by atoms with Gasteiger partial charge in [-0.2, -0.15) is 0 Å². The number of amides is 1. The molecule has 5 heteroatoms. The highest BCUT2D eigenvalue weighted by molar-refractivity contribution is 6.32. The summed E-state index contributed by atoms with van der Waals surface area (Å²) < 4.78 is 0. The Kier molecular flexibility index (Phi) is 3.85. The van der Waals surface area contributed by atoms with Gasteiger partial charge in [0.05, 0.1) is 11.7 Å². The number of carbonyl (C=O) groups excluding carboxylic acids is 1. The number of nitrogens with zero attached hydrogens (tertiary/aromatic N) is 1. The van der Waals surface area contributed by atoms with Crippen molar-refractivity contribution >= 4 is 23.2 Å². The Balaban J connectivity index is 2.70. The van der Waals surface area contributed by atoms with Gasteiger partial charge in [0.2, 0.25) is 5.91 Å². The van der Waals surface area contributed by atoms with Gasteiger partial charge in [-0.1, -0.05) is 18.5 Å². The highest BCUT2D eigenvalue weighted by Gasteiger charge is 2.12. The number of pyridine rings is 1. The predicted molar refractivity (Wildman–Crippen MR) is 56.1 cm³/mol. The van der Waals surface area contributed by atoms with Crippen molar-refractivity contribution in [2.45, 2.75) is 19.4 Å². The molecular formula is C9H12ClN3O. The molecule has 1 amide bonds. The molecule has 1 aromatic rings. The summed E-state index contributed by atoms with van der Waals surface area (Å²) in [5.41, 5.74) is 6.03. The number of nitrogens with two attached hydrogens (primary N) is 1. The average Bonchev–Trinajstić information content (AvgIpc) is 2.20. The van der Waals surface area contributed by atoms with Crippen molar-refractivity contribution in [3.8, 4) is 0 Å². The second-order valence-electron chi connectivity index (χ2n) is 2.85. The van der Waals surface area contributed by atoms with Crippen molar-refractivity contribution in [1.29, 1.82) is 0 Å². The summed E-state index contributed by atoms with van der Waals surface area (Å²) in [5.74, 6) is -0.248. The standard InChI is InChI=1S/C9H12ClN3O/c1-2-6(11)9(14)13-7-4-3-5-12-8(7)10/h3-6H,2,11H2,1H3,(H,13,14)/t6-/m0/s1. The zero-order valence-electron chi connectivity index (χ0n) is 7.83. The maximum absolute atomic E-state index is 11.4.